The zero-order valence-corrected chi connectivity index (χ0v) is 16.3. The van der Waals surface area contributed by atoms with Gasteiger partial charge in [0.1, 0.15) is 5.82 Å². The number of carbonyl (C=O) groups excluding carboxylic acids is 1. The minimum Gasteiger partial charge on any atom is -0.372 e. The Labute approximate surface area is 164 Å². The normalized spacial score (nSPS) is 19.0. The molecule has 1 unspecified atom stereocenters. The quantitative estimate of drug-likeness (QED) is 0.782. The first kappa shape index (κ1) is 19.8. The number of halogens is 2. The van der Waals surface area contributed by atoms with Crippen LogP contribution in [0.2, 0.25) is 5.02 Å². The lowest BCUT2D eigenvalue weighted by atomic mass is 9.87. The summed E-state index contributed by atoms with van der Waals surface area (Å²) in [7, 11) is 0. The van der Waals surface area contributed by atoms with Gasteiger partial charge in [-0.25, -0.2) is 4.39 Å². The summed E-state index contributed by atoms with van der Waals surface area (Å²) in [6, 6.07) is 10.8. The van der Waals surface area contributed by atoms with Crippen molar-refractivity contribution in [1.82, 2.24) is 4.90 Å². The fourth-order valence-corrected chi connectivity index (χ4v) is 3.85. The highest BCUT2D eigenvalue weighted by atomic mass is 35.5. The highest BCUT2D eigenvalue weighted by Crippen LogP contribution is 2.46. The number of hydrogen-bond donors (Lipinski definition) is 1. The molecular weight excluding hydrogens is 367 g/mol. The first-order chi connectivity index (χ1) is 12.9. The molecule has 1 atom stereocenters. The van der Waals surface area contributed by atoms with E-state index in [2.05, 4.69) is 18.7 Å². The molecule has 0 fully saturated rings. The zero-order valence-electron chi connectivity index (χ0n) is 15.6. The average molecular weight is 391 g/mol. The van der Waals surface area contributed by atoms with E-state index >= 15 is 0 Å². The molecule has 27 heavy (non-hydrogen) atoms. The summed E-state index contributed by atoms with van der Waals surface area (Å²) in [6.45, 7) is 7.36. The molecule has 3 rings (SSSR count). The van der Waals surface area contributed by atoms with Crippen molar-refractivity contribution in [3.63, 3.8) is 0 Å². The fraction of sp³-hybridized carbons (Fsp3) is 0.381. The minimum atomic E-state index is -2.07. The zero-order chi connectivity index (χ0) is 19.6. The molecule has 6 heteroatoms. The Morgan fingerprint density at radius 3 is 2.52 bits per heavy atom. The van der Waals surface area contributed by atoms with Gasteiger partial charge in [0, 0.05) is 22.7 Å². The molecule has 1 aliphatic heterocycles. The monoisotopic (exact) mass is 390 g/mol. The van der Waals surface area contributed by atoms with Crippen molar-refractivity contribution in [2.24, 2.45) is 0 Å². The molecule has 0 radical (unpaired) electrons. The molecule has 0 aliphatic carbocycles. The second-order valence-electron chi connectivity index (χ2n) is 6.69. The third-order valence-electron chi connectivity index (χ3n) is 5.21. The SMILES string of the molecule is CCN(CC)CCCN1C(=O)C(O)(c2ccccc2F)c2cc(Cl)ccc21. The van der Waals surface area contributed by atoms with E-state index in [1.807, 2.05) is 0 Å². The highest BCUT2D eigenvalue weighted by molar-refractivity contribution is 6.31. The number of rotatable bonds is 7. The average Bonchev–Trinajstić information content (AvgIpc) is 2.87. The molecule has 0 aromatic heterocycles. The molecule has 144 valence electrons. The third-order valence-corrected chi connectivity index (χ3v) is 5.44. The predicted molar refractivity (Wildman–Crippen MR) is 106 cm³/mol. The van der Waals surface area contributed by atoms with E-state index in [0.717, 1.165) is 26.1 Å². The lowest BCUT2D eigenvalue weighted by molar-refractivity contribution is -0.132. The Balaban J connectivity index is 1.97. The summed E-state index contributed by atoms with van der Waals surface area (Å²) in [5.74, 6) is -1.16. The number of nitrogens with zero attached hydrogens (tertiary/aromatic N) is 2. The molecule has 4 nitrogen and oxygen atoms in total. The Morgan fingerprint density at radius 2 is 1.85 bits per heavy atom. The van der Waals surface area contributed by atoms with E-state index in [4.69, 9.17) is 11.6 Å². The molecule has 0 saturated carbocycles. The van der Waals surface area contributed by atoms with Crippen LogP contribution in [-0.4, -0.2) is 42.1 Å². The van der Waals surface area contributed by atoms with Gasteiger partial charge in [-0.15, -0.1) is 0 Å². The van der Waals surface area contributed by atoms with E-state index in [0.29, 0.717) is 22.8 Å². The summed E-state index contributed by atoms with van der Waals surface area (Å²) in [6.07, 6.45) is 0.753. The van der Waals surface area contributed by atoms with Gasteiger partial charge >= 0.3 is 0 Å². The maximum Gasteiger partial charge on any atom is 0.268 e. The summed E-state index contributed by atoms with van der Waals surface area (Å²) in [5.41, 5.74) is -1.21. The van der Waals surface area contributed by atoms with Gasteiger partial charge in [-0.05, 0) is 50.3 Å². The first-order valence-electron chi connectivity index (χ1n) is 9.25. The van der Waals surface area contributed by atoms with Crippen LogP contribution in [0.4, 0.5) is 10.1 Å². The Hall–Kier alpha value is -1.95. The Morgan fingerprint density at radius 1 is 1.15 bits per heavy atom. The molecule has 2 aromatic rings. The van der Waals surface area contributed by atoms with Crippen LogP contribution in [0.3, 0.4) is 0 Å². The molecule has 1 aliphatic rings. The van der Waals surface area contributed by atoms with Crippen LogP contribution in [0.15, 0.2) is 42.5 Å². The van der Waals surface area contributed by atoms with E-state index in [9.17, 15) is 14.3 Å². The number of anilines is 1. The molecule has 2 aromatic carbocycles. The number of hydrogen-bond acceptors (Lipinski definition) is 3. The number of carbonyl (C=O) groups is 1. The van der Waals surface area contributed by atoms with Crippen LogP contribution in [0.25, 0.3) is 0 Å². The number of fused-ring (bicyclic) bond motifs is 1. The van der Waals surface area contributed by atoms with Gasteiger partial charge in [0.25, 0.3) is 5.91 Å². The van der Waals surface area contributed by atoms with Crippen LogP contribution >= 0.6 is 11.6 Å². The highest BCUT2D eigenvalue weighted by Gasteiger charge is 2.52. The molecule has 0 bridgehead atoms. The van der Waals surface area contributed by atoms with Gasteiger partial charge in [-0.1, -0.05) is 43.6 Å². The van der Waals surface area contributed by atoms with Gasteiger partial charge in [0.05, 0.1) is 5.69 Å². The van der Waals surface area contributed by atoms with Crippen molar-refractivity contribution in [3.8, 4) is 0 Å². The minimum absolute atomic E-state index is 0.0511. The van der Waals surface area contributed by atoms with Gasteiger partial charge in [0.15, 0.2) is 5.60 Å². The molecule has 1 N–H and O–H groups in total. The maximum atomic E-state index is 14.5. The van der Waals surface area contributed by atoms with Gasteiger partial charge in [-0.3, -0.25) is 4.79 Å². The van der Waals surface area contributed by atoms with Gasteiger partial charge in [0.2, 0.25) is 0 Å². The lowest BCUT2D eigenvalue weighted by Gasteiger charge is -2.25. The number of aliphatic hydroxyl groups is 1. The topological polar surface area (TPSA) is 43.8 Å². The van der Waals surface area contributed by atoms with Gasteiger partial charge < -0.3 is 14.9 Å². The molecule has 1 heterocycles. The third kappa shape index (κ3) is 3.47. The second kappa shape index (κ2) is 7.97. The van der Waals surface area contributed by atoms with Crippen LogP contribution in [-0.2, 0) is 10.4 Å². The molecule has 0 saturated heterocycles. The summed E-state index contributed by atoms with van der Waals surface area (Å²) in [4.78, 5) is 17.0. The summed E-state index contributed by atoms with van der Waals surface area (Å²) < 4.78 is 14.5. The summed E-state index contributed by atoms with van der Waals surface area (Å²) >= 11 is 6.12. The lowest BCUT2D eigenvalue weighted by Crippen LogP contribution is -2.42. The fourth-order valence-electron chi connectivity index (χ4n) is 3.68. The van der Waals surface area contributed by atoms with Gasteiger partial charge in [-0.2, -0.15) is 0 Å². The van der Waals surface area contributed by atoms with E-state index in [1.54, 1.807) is 29.2 Å². The number of amides is 1. The predicted octanol–water partition coefficient (Wildman–Crippen LogP) is 3.79. The van der Waals surface area contributed by atoms with Crippen molar-refractivity contribution in [2.75, 3.05) is 31.1 Å². The Bertz CT molecular complexity index is 841. The van der Waals surface area contributed by atoms with Crippen molar-refractivity contribution in [1.29, 1.82) is 0 Å². The van der Waals surface area contributed by atoms with Crippen LogP contribution < -0.4 is 4.90 Å². The molecule has 0 spiro atoms. The largest absolute Gasteiger partial charge is 0.372 e. The van der Waals surface area contributed by atoms with Crippen molar-refractivity contribution >= 4 is 23.2 Å². The van der Waals surface area contributed by atoms with Crippen LogP contribution in [0, 0.1) is 5.82 Å². The Kier molecular flexibility index (Phi) is 5.84. The smallest absolute Gasteiger partial charge is 0.268 e. The van der Waals surface area contributed by atoms with E-state index < -0.39 is 17.3 Å². The first-order valence-corrected chi connectivity index (χ1v) is 9.63. The molecular formula is C21H24ClFN2O2. The van der Waals surface area contributed by atoms with Crippen molar-refractivity contribution in [3.05, 3.63) is 64.4 Å². The van der Waals surface area contributed by atoms with E-state index in [1.165, 1.54) is 18.2 Å². The summed E-state index contributed by atoms with van der Waals surface area (Å²) in [5, 5.41) is 11.7. The van der Waals surface area contributed by atoms with Crippen molar-refractivity contribution < 1.29 is 14.3 Å². The van der Waals surface area contributed by atoms with Crippen LogP contribution in [0.5, 0.6) is 0 Å². The van der Waals surface area contributed by atoms with E-state index in [-0.39, 0.29) is 5.56 Å². The maximum absolute atomic E-state index is 14.5. The van der Waals surface area contributed by atoms with Crippen LogP contribution in [0.1, 0.15) is 31.4 Å². The molecule has 1 amide bonds. The standard InChI is InChI=1S/C21H24ClFN2O2/c1-3-24(4-2)12-7-13-25-19-11-10-15(22)14-17(19)21(27,20(25)26)16-8-5-6-9-18(16)23/h5-6,8-11,14,27H,3-4,7,12-13H2,1-2H3. The van der Waals surface area contributed by atoms with Crippen molar-refractivity contribution in [2.45, 2.75) is 25.9 Å². The number of benzene rings is 2. The second-order valence-corrected chi connectivity index (χ2v) is 7.13.